The smallest absolute Gasteiger partial charge is 0.0965 e. The molecule has 1 aromatic carbocycles. The summed E-state index contributed by atoms with van der Waals surface area (Å²) in [7, 11) is 0. The van der Waals surface area contributed by atoms with Crippen molar-refractivity contribution in [3.05, 3.63) is 41.6 Å². The number of aromatic nitrogens is 2. The van der Waals surface area contributed by atoms with E-state index >= 15 is 0 Å². The zero-order valence-corrected chi connectivity index (χ0v) is 13.5. The molecule has 110 valence electrons. The first kappa shape index (κ1) is 15.3. The van der Waals surface area contributed by atoms with Gasteiger partial charge in [0, 0.05) is 17.3 Å². The molecule has 0 aliphatic rings. The molecule has 0 saturated heterocycles. The van der Waals surface area contributed by atoms with Gasteiger partial charge in [0.2, 0.25) is 0 Å². The molecule has 0 fully saturated rings. The highest BCUT2D eigenvalue weighted by Crippen LogP contribution is 2.27. The van der Waals surface area contributed by atoms with Crippen LogP contribution >= 0.6 is 0 Å². The van der Waals surface area contributed by atoms with Crippen molar-refractivity contribution in [2.24, 2.45) is 0 Å². The molecule has 0 radical (unpaired) electrons. The molecule has 0 amide bonds. The molecule has 3 nitrogen and oxygen atoms in total. The first-order chi connectivity index (χ1) is 9.82. The van der Waals surface area contributed by atoms with Gasteiger partial charge in [-0.05, 0) is 32.3 Å². The third-order valence-electron chi connectivity index (χ3n) is 3.60. The molecule has 0 bridgehead atoms. The Kier molecular flexibility index (Phi) is 4.18. The van der Waals surface area contributed by atoms with Crippen LogP contribution in [0.3, 0.4) is 0 Å². The van der Waals surface area contributed by atoms with Gasteiger partial charge in [-0.15, -0.1) is 0 Å². The van der Waals surface area contributed by atoms with E-state index in [0.29, 0.717) is 12.3 Å². The minimum absolute atomic E-state index is 0.0830. The monoisotopic (exact) mass is 281 g/mol. The second-order valence-corrected chi connectivity index (χ2v) is 6.73. The van der Waals surface area contributed by atoms with E-state index in [4.69, 9.17) is 10.4 Å². The van der Waals surface area contributed by atoms with Crippen LogP contribution in [0.4, 0.5) is 0 Å². The molecule has 0 aliphatic carbocycles. The topological polar surface area (TPSA) is 41.6 Å². The lowest BCUT2D eigenvalue weighted by atomic mass is 9.99. The Morgan fingerprint density at radius 3 is 2.29 bits per heavy atom. The van der Waals surface area contributed by atoms with E-state index in [0.717, 1.165) is 16.8 Å². The Balaban J connectivity index is 2.47. The van der Waals surface area contributed by atoms with Crippen molar-refractivity contribution < 1.29 is 0 Å². The standard InChI is InChI=1S/C18H23N3/c1-13(2)14-6-8-15(9-7-14)17-16(10-11-19)12-21(20-17)18(3,4)5/h6-9,12-13H,10H2,1-5H3. The largest absolute Gasteiger partial charge is 0.267 e. The fourth-order valence-electron chi connectivity index (χ4n) is 2.24. The lowest BCUT2D eigenvalue weighted by Crippen LogP contribution is -2.22. The first-order valence-electron chi connectivity index (χ1n) is 7.39. The van der Waals surface area contributed by atoms with Gasteiger partial charge in [0.1, 0.15) is 0 Å². The van der Waals surface area contributed by atoms with Crippen LogP contribution in [0.25, 0.3) is 11.3 Å². The number of benzene rings is 1. The normalized spacial score (nSPS) is 11.7. The fraction of sp³-hybridized carbons (Fsp3) is 0.444. The van der Waals surface area contributed by atoms with Gasteiger partial charge < -0.3 is 0 Å². The molecule has 3 heteroatoms. The average molecular weight is 281 g/mol. The highest BCUT2D eigenvalue weighted by molar-refractivity contribution is 5.63. The summed E-state index contributed by atoms with van der Waals surface area (Å²) in [4.78, 5) is 0. The van der Waals surface area contributed by atoms with Crippen molar-refractivity contribution in [3.8, 4) is 17.3 Å². The fourth-order valence-corrected chi connectivity index (χ4v) is 2.24. The van der Waals surface area contributed by atoms with Crippen LogP contribution in [0.1, 0.15) is 51.7 Å². The Morgan fingerprint density at radius 2 is 1.81 bits per heavy atom. The van der Waals surface area contributed by atoms with Gasteiger partial charge in [-0.25, -0.2) is 0 Å². The molecule has 1 aromatic heterocycles. The summed E-state index contributed by atoms with van der Waals surface area (Å²) in [6.07, 6.45) is 2.38. The van der Waals surface area contributed by atoms with E-state index in [-0.39, 0.29) is 5.54 Å². The van der Waals surface area contributed by atoms with Crippen LogP contribution in [-0.2, 0) is 12.0 Å². The van der Waals surface area contributed by atoms with E-state index in [1.54, 1.807) is 0 Å². The summed E-state index contributed by atoms with van der Waals surface area (Å²) in [6.45, 7) is 10.7. The van der Waals surface area contributed by atoms with E-state index in [9.17, 15) is 0 Å². The molecule has 2 aromatic rings. The van der Waals surface area contributed by atoms with E-state index in [1.807, 2.05) is 10.9 Å². The number of hydrogen-bond donors (Lipinski definition) is 0. The summed E-state index contributed by atoms with van der Waals surface area (Å²) in [6, 6.07) is 10.7. The highest BCUT2D eigenvalue weighted by atomic mass is 15.3. The van der Waals surface area contributed by atoms with Gasteiger partial charge in [-0.2, -0.15) is 10.4 Å². The van der Waals surface area contributed by atoms with E-state index in [2.05, 4.69) is 65.0 Å². The van der Waals surface area contributed by atoms with E-state index < -0.39 is 0 Å². The second-order valence-electron chi connectivity index (χ2n) is 6.73. The van der Waals surface area contributed by atoms with Crippen LogP contribution in [0.15, 0.2) is 30.5 Å². The highest BCUT2D eigenvalue weighted by Gasteiger charge is 2.18. The van der Waals surface area contributed by atoms with Crippen LogP contribution < -0.4 is 0 Å². The van der Waals surface area contributed by atoms with Crippen molar-refractivity contribution in [1.82, 2.24) is 9.78 Å². The average Bonchev–Trinajstić information content (AvgIpc) is 2.83. The molecule has 1 heterocycles. The molecular formula is C18H23N3. The quantitative estimate of drug-likeness (QED) is 0.831. The predicted octanol–water partition coefficient (Wildman–Crippen LogP) is 4.49. The first-order valence-corrected chi connectivity index (χ1v) is 7.39. The Labute approximate surface area is 127 Å². The maximum absolute atomic E-state index is 9.03. The van der Waals surface area contributed by atoms with Gasteiger partial charge in [0.05, 0.1) is 23.7 Å². The van der Waals surface area contributed by atoms with Crippen LogP contribution in [0.5, 0.6) is 0 Å². The zero-order chi connectivity index (χ0) is 15.6. The molecule has 0 unspecified atom stereocenters. The minimum Gasteiger partial charge on any atom is -0.267 e. The third kappa shape index (κ3) is 3.33. The Bertz CT molecular complexity index is 649. The minimum atomic E-state index is -0.0830. The second kappa shape index (κ2) is 5.73. The number of rotatable bonds is 3. The van der Waals surface area contributed by atoms with E-state index in [1.165, 1.54) is 5.56 Å². The third-order valence-corrected chi connectivity index (χ3v) is 3.60. The summed E-state index contributed by atoms with van der Waals surface area (Å²) in [5.41, 5.74) is 4.22. The maximum Gasteiger partial charge on any atom is 0.0965 e. The van der Waals surface area contributed by atoms with Crippen molar-refractivity contribution in [2.45, 2.75) is 52.5 Å². The van der Waals surface area contributed by atoms with Crippen molar-refractivity contribution in [2.75, 3.05) is 0 Å². The number of nitriles is 1. The molecule has 0 N–H and O–H groups in total. The zero-order valence-electron chi connectivity index (χ0n) is 13.5. The molecule has 0 atom stereocenters. The molecule has 0 spiro atoms. The lowest BCUT2D eigenvalue weighted by Gasteiger charge is -2.18. The molecule has 0 aliphatic heterocycles. The van der Waals surface area contributed by atoms with Gasteiger partial charge in [-0.3, -0.25) is 4.68 Å². The van der Waals surface area contributed by atoms with Gasteiger partial charge in [0.15, 0.2) is 0 Å². The predicted molar refractivity (Wildman–Crippen MR) is 86.1 cm³/mol. The molecule has 2 rings (SSSR count). The van der Waals surface area contributed by atoms with Crippen molar-refractivity contribution in [1.29, 1.82) is 5.26 Å². The van der Waals surface area contributed by atoms with Gasteiger partial charge >= 0.3 is 0 Å². The Hall–Kier alpha value is -2.08. The van der Waals surface area contributed by atoms with Crippen molar-refractivity contribution in [3.63, 3.8) is 0 Å². The van der Waals surface area contributed by atoms with Crippen LogP contribution in [0, 0.1) is 11.3 Å². The summed E-state index contributed by atoms with van der Waals surface area (Å²) in [5.74, 6) is 0.518. The number of hydrogen-bond acceptors (Lipinski definition) is 2. The molecular weight excluding hydrogens is 258 g/mol. The summed E-state index contributed by atoms with van der Waals surface area (Å²) in [5, 5.41) is 13.7. The number of nitrogens with zero attached hydrogens (tertiary/aromatic N) is 3. The van der Waals surface area contributed by atoms with Gasteiger partial charge in [0.25, 0.3) is 0 Å². The SMILES string of the molecule is CC(C)c1ccc(-c2nn(C(C)(C)C)cc2CC#N)cc1. The van der Waals surface area contributed by atoms with Crippen LogP contribution in [-0.4, -0.2) is 9.78 Å². The summed E-state index contributed by atoms with van der Waals surface area (Å²) < 4.78 is 1.95. The van der Waals surface area contributed by atoms with Gasteiger partial charge in [-0.1, -0.05) is 38.1 Å². The molecule has 0 saturated carbocycles. The van der Waals surface area contributed by atoms with Crippen LogP contribution in [0.2, 0.25) is 0 Å². The maximum atomic E-state index is 9.03. The molecule has 21 heavy (non-hydrogen) atoms. The van der Waals surface area contributed by atoms with Crippen molar-refractivity contribution >= 4 is 0 Å². The Morgan fingerprint density at radius 1 is 1.19 bits per heavy atom. The lowest BCUT2D eigenvalue weighted by molar-refractivity contribution is 0.356. The summed E-state index contributed by atoms with van der Waals surface area (Å²) >= 11 is 0.